The normalized spacial score (nSPS) is 20.2. The molecule has 108 valence electrons. The second-order valence-electron chi connectivity index (χ2n) is 5.17. The van der Waals surface area contributed by atoms with E-state index in [4.69, 9.17) is 14.7 Å². The minimum absolute atomic E-state index is 0.118. The molecule has 0 radical (unpaired) electrons. The van der Waals surface area contributed by atoms with Gasteiger partial charge in [0.05, 0.1) is 0 Å². The van der Waals surface area contributed by atoms with Crippen molar-refractivity contribution >= 4 is 32.6 Å². The third-order valence-corrected chi connectivity index (χ3v) is 2.65. The highest BCUT2D eigenvalue weighted by Crippen LogP contribution is 2.19. The first-order chi connectivity index (χ1) is 8.67. The fraction of sp³-hybridized carbons (Fsp3) is 0.727. The molecule has 2 atom stereocenters. The lowest BCUT2D eigenvalue weighted by atomic mass is 10.1. The van der Waals surface area contributed by atoms with E-state index in [1.165, 1.54) is 0 Å². The van der Waals surface area contributed by atoms with Gasteiger partial charge in [0.25, 0.3) is 0 Å². The van der Waals surface area contributed by atoms with Crippen LogP contribution >= 0.6 is 15.9 Å². The highest BCUT2D eigenvalue weighted by molar-refractivity contribution is 9.18. The zero-order chi connectivity index (χ0) is 14.6. The van der Waals surface area contributed by atoms with Crippen molar-refractivity contribution in [2.24, 2.45) is 5.16 Å². The number of aliphatic carboxylic acids is 1. The van der Waals surface area contributed by atoms with Gasteiger partial charge in [0.2, 0.25) is 0 Å². The van der Waals surface area contributed by atoms with Crippen LogP contribution in [0.25, 0.3) is 0 Å². The molecule has 0 aromatic carbocycles. The minimum Gasteiger partial charge on any atom is -0.480 e. The predicted octanol–water partition coefficient (Wildman–Crippen LogP) is 1.85. The predicted molar refractivity (Wildman–Crippen MR) is 71.3 cm³/mol. The van der Waals surface area contributed by atoms with Crippen LogP contribution in [-0.4, -0.2) is 39.5 Å². The molecule has 0 aliphatic carbocycles. The van der Waals surface area contributed by atoms with Crippen LogP contribution < -0.4 is 5.32 Å². The van der Waals surface area contributed by atoms with Gasteiger partial charge in [-0.1, -0.05) is 5.16 Å². The Labute approximate surface area is 119 Å². The van der Waals surface area contributed by atoms with Gasteiger partial charge in [0.15, 0.2) is 0 Å². The fourth-order valence-corrected chi connectivity index (χ4v) is 1.90. The topological polar surface area (TPSA) is 97.2 Å². The molecule has 0 aromatic rings. The van der Waals surface area contributed by atoms with Gasteiger partial charge in [-0.25, -0.2) is 9.59 Å². The van der Waals surface area contributed by atoms with Crippen LogP contribution in [0.2, 0.25) is 0 Å². The van der Waals surface area contributed by atoms with Crippen molar-refractivity contribution in [3.05, 3.63) is 0 Å². The summed E-state index contributed by atoms with van der Waals surface area (Å²) in [5, 5.41) is 15.0. The van der Waals surface area contributed by atoms with Crippen LogP contribution in [0.1, 0.15) is 33.6 Å². The van der Waals surface area contributed by atoms with E-state index in [9.17, 15) is 9.59 Å². The third kappa shape index (κ3) is 5.91. The molecule has 1 amide bonds. The summed E-state index contributed by atoms with van der Waals surface area (Å²) < 4.78 is 5.64. The Hall–Kier alpha value is -1.31. The molecule has 0 fully saturated rings. The van der Waals surface area contributed by atoms with E-state index in [1.54, 1.807) is 20.8 Å². The van der Waals surface area contributed by atoms with E-state index < -0.39 is 23.7 Å². The lowest BCUT2D eigenvalue weighted by molar-refractivity contribution is -0.140. The Balaban J connectivity index is 2.50. The Morgan fingerprint density at radius 3 is 2.68 bits per heavy atom. The van der Waals surface area contributed by atoms with Gasteiger partial charge in [0.1, 0.15) is 22.4 Å². The first kappa shape index (κ1) is 15.7. The molecule has 8 heteroatoms. The van der Waals surface area contributed by atoms with Gasteiger partial charge in [-0.15, -0.1) is 0 Å². The number of halogens is 1. The van der Waals surface area contributed by atoms with Crippen molar-refractivity contribution < 1.29 is 24.3 Å². The maximum atomic E-state index is 11.5. The highest BCUT2D eigenvalue weighted by atomic mass is 79.9. The molecule has 0 saturated heterocycles. The van der Waals surface area contributed by atoms with Crippen molar-refractivity contribution in [1.29, 1.82) is 0 Å². The third-order valence-electron chi connectivity index (χ3n) is 2.18. The number of rotatable bonds is 4. The first-order valence-electron chi connectivity index (χ1n) is 5.78. The largest absolute Gasteiger partial charge is 0.480 e. The molecule has 1 heterocycles. The van der Waals surface area contributed by atoms with Gasteiger partial charge in [-0.05, 0) is 36.7 Å². The summed E-state index contributed by atoms with van der Waals surface area (Å²) >= 11 is 3.16. The molecule has 1 aliphatic heterocycles. The Bertz CT molecular complexity index is 391. The number of ether oxygens (including phenoxy) is 1. The van der Waals surface area contributed by atoms with E-state index in [0.717, 1.165) is 0 Å². The number of carbonyl (C=O) groups excluding carboxylic acids is 1. The molecule has 1 rings (SSSR count). The molecular formula is C11H17BrN2O5. The first-order valence-corrected chi connectivity index (χ1v) is 6.57. The average molecular weight is 337 g/mol. The summed E-state index contributed by atoms with van der Waals surface area (Å²) in [5.41, 5.74) is -0.677. The minimum atomic E-state index is -1.14. The standard InChI is InChI=1S/C11H17BrN2O5/c1-11(2,3)18-10(17)13-7(9(15)16)4-6-5-8(12)14-19-6/h6-7H,4-5H2,1-3H3,(H,13,17)(H,15,16)/t6?,7-/m1/s1. The van der Waals surface area contributed by atoms with Crippen molar-refractivity contribution in [3.8, 4) is 0 Å². The zero-order valence-electron chi connectivity index (χ0n) is 11.0. The maximum absolute atomic E-state index is 11.5. The number of carboxylic acids is 1. The van der Waals surface area contributed by atoms with Crippen LogP contribution in [0.3, 0.4) is 0 Å². The average Bonchev–Trinajstić information content (AvgIpc) is 2.60. The van der Waals surface area contributed by atoms with Crippen molar-refractivity contribution in [1.82, 2.24) is 5.32 Å². The second-order valence-corrected chi connectivity index (χ2v) is 6.09. The number of carboxylic acid groups (broad SMARTS) is 1. The van der Waals surface area contributed by atoms with Gasteiger partial charge in [-0.3, -0.25) is 0 Å². The van der Waals surface area contributed by atoms with Crippen LogP contribution in [0.15, 0.2) is 5.16 Å². The smallest absolute Gasteiger partial charge is 0.408 e. The summed E-state index contributed by atoms with van der Waals surface area (Å²) in [6.45, 7) is 5.11. The number of nitrogens with one attached hydrogen (secondary N) is 1. The molecule has 0 bridgehead atoms. The highest BCUT2D eigenvalue weighted by Gasteiger charge is 2.30. The molecule has 2 N–H and O–H groups in total. The number of nitrogens with zero attached hydrogens (tertiary/aromatic N) is 1. The van der Waals surface area contributed by atoms with Gasteiger partial charge in [-0.2, -0.15) is 0 Å². The molecule has 1 aliphatic rings. The van der Waals surface area contributed by atoms with Crippen molar-refractivity contribution in [2.45, 2.75) is 51.4 Å². The van der Waals surface area contributed by atoms with Crippen LogP contribution in [-0.2, 0) is 14.4 Å². The van der Waals surface area contributed by atoms with E-state index in [0.29, 0.717) is 11.0 Å². The molecular weight excluding hydrogens is 320 g/mol. The second kappa shape index (κ2) is 6.23. The van der Waals surface area contributed by atoms with E-state index in [-0.39, 0.29) is 12.5 Å². The van der Waals surface area contributed by atoms with E-state index in [2.05, 4.69) is 26.4 Å². The Morgan fingerprint density at radius 2 is 2.26 bits per heavy atom. The van der Waals surface area contributed by atoms with Gasteiger partial charge in [0, 0.05) is 12.8 Å². The molecule has 1 unspecified atom stereocenters. The molecule has 0 spiro atoms. The molecule has 0 saturated carbocycles. The lowest BCUT2D eigenvalue weighted by Gasteiger charge is -2.22. The van der Waals surface area contributed by atoms with Gasteiger partial charge < -0.3 is 20.0 Å². The SMILES string of the molecule is CC(C)(C)OC(=O)N[C@H](CC1CC(Br)=NO1)C(=O)O. The summed E-state index contributed by atoms with van der Waals surface area (Å²) in [6, 6.07) is -1.08. The van der Waals surface area contributed by atoms with Crippen LogP contribution in [0.5, 0.6) is 0 Å². The van der Waals surface area contributed by atoms with Crippen LogP contribution in [0, 0.1) is 0 Å². The lowest BCUT2D eigenvalue weighted by Crippen LogP contribution is -2.45. The number of carbonyl (C=O) groups is 2. The van der Waals surface area contributed by atoms with Crippen LogP contribution in [0.4, 0.5) is 4.79 Å². The number of amides is 1. The van der Waals surface area contributed by atoms with E-state index >= 15 is 0 Å². The zero-order valence-corrected chi connectivity index (χ0v) is 12.6. The number of oxime groups is 1. The fourth-order valence-electron chi connectivity index (χ4n) is 1.45. The monoisotopic (exact) mass is 336 g/mol. The summed E-state index contributed by atoms with van der Waals surface area (Å²) in [6.07, 6.45) is -0.532. The number of hydrogen-bond acceptors (Lipinski definition) is 5. The molecule has 19 heavy (non-hydrogen) atoms. The summed E-state index contributed by atoms with van der Waals surface area (Å²) in [4.78, 5) is 27.6. The quantitative estimate of drug-likeness (QED) is 0.816. The molecule has 0 aromatic heterocycles. The summed E-state index contributed by atoms with van der Waals surface area (Å²) in [7, 11) is 0. The Morgan fingerprint density at radius 1 is 1.63 bits per heavy atom. The Kier molecular flexibility index (Phi) is 5.16. The summed E-state index contributed by atoms with van der Waals surface area (Å²) in [5.74, 6) is -1.14. The van der Waals surface area contributed by atoms with Gasteiger partial charge >= 0.3 is 12.1 Å². The van der Waals surface area contributed by atoms with Crippen molar-refractivity contribution in [2.75, 3.05) is 0 Å². The maximum Gasteiger partial charge on any atom is 0.408 e. The number of hydrogen-bond donors (Lipinski definition) is 2. The molecule has 7 nitrogen and oxygen atoms in total. The van der Waals surface area contributed by atoms with E-state index in [1.807, 2.05) is 0 Å². The van der Waals surface area contributed by atoms with Crippen molar-refractivity contribution in [3.63, 3.8) is 0 Å². The number of alkyl carbamates (subject to hydrolysis) is 1.